The number of hydrogen-bond donors (Lipinski definition) is 0. The number of rotatable bonds is 2. The molecule has 4 aliphatic rings. The topological polar surface area (TPSA) is 34.1 Å². The van der Waals surface area contributed by atoms with Crippen molar-refractivity contribution in [3.63, 3.8) is 0 Å². The van der Waals surface area contributed by atoms with Crippen molar-refractivity contribution in [2.75, 3.05) is 0 Å². The molecule has 0 amide bonds. The molecule has 2 heteroatoms. The summed E-state index contributed by atoms with van der Waals surface area (Å²) in [5.41, 5.74) is 1.14. The van der Waals surface area contributed by atoms with E-state index in [1.54, 1.807) is 0 Å². The SMILES string of the molecule is CCC[C@@H]1C[C@H]2[C@@H]3C(=O)C=C4C=CCC[C@]4(C)[C@H]3CC[C@]2(C)C1=O. The molecule has 0 N–H and O–H groups in total. The Balaban J connectivity index is 1.74. The Morgan fingerprint density at radius 2 is 1.92 bits per heavy atom. The van der Waals surface area contributed by atoms with Crippen molar-refractivity contribution in [3.05, 3.63) is 23.8 Å². The summed E-state index contributed by atoms with van der Waals surface area (Å²) in [7, 11) is 0. The molecular formula is C22H30O2. The highest BCUT2D eigenvalue weighted by Gasteiger charge is 2.62. The largest absolute Gasteiger partial charge is 0.299 e. The van der Waals surface area contributed by atoms with Gasteiger partial charge in [-0.3, -0.25) is 9.59 Å². The van der Waals surface area contributed by atoms with Crippen molar-refractivity contribution in [1.29, 1.82) is 0 Å². The van der Waals surface area contributed by atoms with Gasteiger partial charge in [-0.25, -0.2) is 0 Å². The van der Waals surface area contributed by atoms with Crippen LogP contribution in [0.1, 0.15) is 65.7 Å². The lowest BCUT2D eigenvalue weighted by molar-refractivity contribution is -0.139. The van der Waals surface area contributed by atoms with Gasteiger partial charge in [0, 0.05) is 17.3 Å². The molecule has 24 heavy (non-hydrogen) atoms. The molecule has 0 heterocycles. The molecule has 0 unspecified atom stereocenters. The van der Waals surface area contributed by atoms with E-state index in [2.05, 4.69) is 32.9 Å². The number of hydrogen-bond acceptors (Lipinski definition) is 2. The van der Waals surface area contributed by atoms with Gasteiger partial charge in [-0.05, 0) is 67.4 Å². The van der Waals surface area contributed by atoms with Crippen molar-refractivity contribution in [2.24, 2.45) is 34.5 Å². The van der Waals surface area contributed by atoms with Gasteiger partial charge < -0.3 is 0 Å². The zero-order valence-electron chi connectivity index (χ0n) is 15.3. The van der Waals surface area contributed by atoms with E-state index in [4.69, 9.17) is 0 Å². The number of allylic oxidation sites excluding steroid dienone is 4. The second-order valence-electron chi connectivity index (χ2n) is 9.14. The van der Waals surface area contributed by atoms with Gasteiger partial charge in [0.15, 0.2) is 5.78 Å². The summed E-state index contributed by atoms with van der Waals surface area (Å²) >= 11 is 0. The monoisotopic (exact) mass is 326 g/mol. The van der Waals surface area contributed by atoms with E-state index in [0.29, 0.717) is 17.5 Å². The molecule has 0 aromatic rings. The first-order chi connectivity index (χ1) is 11.4. The molecule has 4 aliphatic carbocycles. The molecule has 0 aliphatic heterocycles. The third kappa shape index (κ3) is 2.01. The van der Waals surface area contributed by atoms with E-state index in [0.717, 1.165) is 44.9 Å². The van der Waals surface area contributed by atoms with Crippen LogP contribution in [0.3, 0.4) is 0 Å². The summed E-state index contributed by atoms with van der Waals surface area (Å²) in [4.78, 5) is 26.1. The summed E-state index contributed by atoms with van der Waals surface area (Å²) < 4.78 is 0. The highest BCUT2D eigenvalue weighted by atomic mass is 16.1. The molecule has 0 saturated heterocycles. The summed E-state index contributed by atoms with van der Waals surface area (Å²) in [5, 5.41) is 0. The second kappa shape index (κ2) is 5.41. The smallest absolute Gasteiger partial charge is 0.159 e. The normalized spacial score (nSPS) is 47.0. The molecule has 2 fully saturated rings. The van der Waals surface area contributed by atoms with Crippen molar-refractivity contribution in [2.45, 2.75) is 65.7 Å². The van der Waals surface area contributed by atoms with Crippen LogP contribution in [0.15, 0.2) is 23.8 Å². The fourth-order valence-corrected chi connectivity index (χ4v) is 6.59. The van der Waals surface area contributed by atoms with Gasteiger partial charge in [0.05, 0.1) is 0 Å². The maximum Gasteiger partial charge on any atom is 0.159 e. The molecule has 4 rings (SSSR count). The summed E-state index contributed by atoms with van der Waals surface area (Å²) in [5.74, 6) is 1.74. The van der Waals surface area contributed by atoms with Crippen molar-refractivity contribution >= 4 is 11.6 Å². The molecular weight excluding hydrogens is 296 g/mol. The molecule has 130 valence electrons. The first kappa shape index (κ1) is 16.3. The van der Waals surface area contributed by atoms with E-state index < -0.39 is 0 Å². The van der Waals surface area contributed by atoms with Gasteiger partial charge in [-0.1, -0.05) is 39.3 Å². The van der Waals surface area contributed by atoms with Gasteiger partial charge >= 0.3 is 0 Å². The second-order valence-corrected chi connectivity index (χ2v) is 9.14. The standard InChI is InChI=1S/C22H30O2/c1-4-7-14-12-17-19-16(9-11-22(17,3)20(14)24)21(2)10-6-5-8-15(21)13-18(19)23/h5,8,13-14,16-17,19H,4,6-7,9-12H2,1-3H3/t14-,16+,17+,19-,21+,22+/m1/s1. The Labute approximate surface area is 145 Å². The van der Waals surface area contributed by atoms with E-state index >= 15 is 0 Å². The minimum atomic E-state index is -0.247. The van der Waals surface area contributed by atoms with Crippen LogP contribution in [0, 0.1) is 34.5 Å². The van der Waals surface area contributed by atoms with E-state index in [-0.39, 0.29) is 28.6 Å². The Hall–Kier alpha value is -1.18. The van der Waals surface area contributed by atoms with Gasteiger partial charge in [0.1, 0.15) is 5.78 Å². The molecule has 0 radical (unpaired) electrons. The molecule has 0 aromatic heterocycles. The number of carbonyl (C=O) groups excluding carboxylic acids is 2. The number of fused-ring (bicyclic) bond motifs is 5. The highest BCUT2D eigenvalue weighted by molar-refractivity contribution is 5.97. The zero-order valence-corrected chi connectivity index (χ0v) is 15.3. The fraction of sp³-hybridized carbons (Fsp3) is 0.727. The van der Waals surface area contributed by atoms with Crippen LogP contribution >= 0.6 is 0 Å². The average molecular weight is 326 g/mol. The molecule has 0 bridgehead atoms. The van der Waals surface area contributed by atoms with Crippen LogP contribution in [0.2, 0.25) is 0 Å². The Morgan fingerprint density at radius 3 is 2.67 bits per heavy atom. The quantitative estimate of drug-likeness (QED) is 0.724. The number of carbonyl (C=O) groups is 2. The Kier molecular flexibility index (Phi) is 3.67. The first-order valence-electron chi connectivity index (χ1n) is 9.88. The van der Waals surface area contributed by atoms with E-state index in [1.165, 1.54) is 5.57 Å². The highest BCUT2D eigenvalue weighted by Crippen LogP contribution is 2.63. The average Bonchev–Trinajstić information content (AvgIpc) is 2.80. The van der Waals surface area contributed by atoms with Crippen molar-refractivity contribution in [1.82, 2.24) is 0 Å². The van der Waals surface area contributed by atoms with Crippen LogP contribution in [0.4, 0.5) is 0 Å². The fourth-order valence-electron chi connectivity index (χ4n) is 6.59. The number of ketones is 2. The maximum atomic E-state index is 13.1. The summed E-state index contributed by atoms with van der Waals surface area (Å²) in [6, 6.07) is 0. The van der Waals surface area contributed by atoms with Crippen LogP contribution in [0.5, 0.6) is 0 Å². The van der Waals surface area contributed by atoms with Gasteiger partial charge in [-0.2, -0.15) is 0 Å². The van der Waals surface area contributed by atoms with Crippen LogP contribution < -0.4 is 0 Å². The van der Waals surface area contributed by atoms with Gasteiger partial charge in [0.2, 0.25) is 0 Å². The molecule has 2 saturated carbocycles. The van der Waals surface area contributed by atoms with Crippen molar-refractivity contribution < 1.29 is 9.59 Å². The zero-order chi connectivity index (χ0) is 17.1. The minimum Gasteiger partial charge on any atom is -0.299 e. The lowest BCUT2D eigenvalue weighted by Gasteiger charge is -2.54. The molecule has 2 nitrogen and oxygen atoms in total. The molecule has 0 spiro atoms. The van der Waals surface area contributed by atoms with E-state index in [9.17, 15) is 9.59 Å². The van der Waals surface area contributed by atoms with Crippen LogP contribution in [0.25, 0.3) is 0 Å². The van der Waals surface area contributed by atoms with E-state index in [1.807, 2.05) is 6.08 Å². The van der Waals surface area contributed by atoms with Gasteiger partial charge in [0.25, 0.3) is 0 Å². The third-order valence-corrected chi connectivity index (χ3v) is 8.00. The minimum absolute atomic E-state index is 0.0785. The first-order valence-corrected chi connectivity index (χ1v) is 9.88. The third-order valence-electron chi connectivity index (χ3n) is 8.00. The Morgan fingerprint density at radius 1 is 1.12 bits per heavy atom. The lowest BCUT2D eigenvalue weighted by Crippen LogP contribution is -2.52. The summed E-state index contributed by atoms with van der Waals surface area (Å²) in [6.07, 6.45) is 13.6. The predicted octanol–water partition coefficient (Wildman–Crippen LogP) is 4.89. The molecule has 6 atom stereocenters. The maximum absolute atomic E-state index is 13.1. The van der Waals surface area contributed by atoms with Crippen LogP contribution in [-0.4, -0.2) is 11.6 Å². The van der Waals surface area contributed by atoms with Gasteiger partial charge in [-0.15, -0.1) is 0 Å². The predicted molar refractivity (Wildman–Crippen MR) is 95.4 cm³/mol. The Bertz CT molecular complexity index is 642. The van der Waals surface area contributed by atoms with Crippen LogP contribution in [-0.2, 0) is 9.59 Å². The molecule has 0 aromatic carbocycles. The lowest BCUT2D eigenvalue weighted by atomic mass is 9.48. The summed E-state index contributed by atoms with van der Waals surface area (Å²) in [6.45, 7) is 6.70. The number of Topliss-reactive ketones (excluding diaryl/α,β-unsaturated/α-hetero) is 1. The van der Waals surface area contributed by atoms with Crippen molar-refractivity contribution in [3.8, 4) is 0 Å².